The third kappa shape index (κ3) is 2.67. The highest BCUT2D eigenvalue weighted by Gasteiger charge is 2.17. The summed E-state index contributed by atoms with van der Waals surface area (Å²) in [4.78, 5) is 10.4. The number of aryl methyl sites for hydroxylation is 3. The maximum Gasteiger partial charge on any atom is 0.273 e. The molecule has 1 heterocycles. The van der Waals surface area contributed by atoms with E-state index >= 15 is 0 Å². The molecule has 0 unspecified atom stereocenters. The third-order valence-corrected chi connectivity index (χ3v) is 3.57. The van der Waals surface area contributed by atoms with Gasteiger partial charge in [-0.15, -0.1) is 0 Å². The van der Waals surface area contributed by atoms with Crippen LogP contribution in [0, 0.1) is 24.0 Å². The van der Waals surface area contributed by atoms with Crippen molar-refractivity contribution >= 4 is 21.6 Å². The lowest BCUT2D eigenvalue weighted by Crippen LogP contribution is -1.98. The molecule has 0 amide bonds. The fourth-order valence-corrected chi connectivity index (χ4v) is 2.52. The van der Waals surface area contributed by atoms with Gasteiger partial charge in [-0.2, -0.15) is 5.10 Å². The quantitative estimate of drug-likeness (QED) is 0.484. The van der Waals surface area contributed by atoms with Gasteiger partial charge in [-0.25, -0.2) is 4.68 Å². The van der Waals surface area contributed by atoms with E-state index in [0.29, 0.717) is 17.0 Å². The highest BCUT2D eigenvalue weighted by molar-refractivity contribution is 9.08. The van der Waals surface area contributed by atoms with E-state index in [9.17, 15) is 10.1 Å². The van der Waals surface area contributed by atoms with Crippen molar-refractivity contribution in [2.45, 2.75) is 19.2 Å². The monoisotopic (exact) mass is 339 g/mol. The molecule has 0 radical (unpaired) electrons. The van der Waals surface area contributed by atoms with Gasteiger partial charge in [-0.3, -0.25) is 10.1 Å². The number of rotatable bonds is 4. The Morgan fingerprint density at radius 3 is 2.75 bits per heavy atom. The maximum absolute atomic E-state index is 10.8. The van der Waals surface area contributed by atoms with Crippen molar-refractivity contribution in [2.75, 3.05) is 0 Å². The molecule has 0 bridgehead atoms. The fourth-order valence-electron chi connectivity index (χ4n) is 1.88. The van der Waals surface area contributed by atoms with Crippen LogP contribution in [-0.2, 0) is 12.4 Å². The van der Waals surface area contributed by atoms with Gasteiger partial charge in [-0.1, -0.05) is 15.9 Å². The number of non-ortho nitro benzene ring substituents is 1. The van der Waals surface area contributed by atoms with Gasteiger partial charge in [0.15, 0.2) is 0 Å². The smallest absolute Gasteiger partial charge is 0.273 e. The number of alkyl halides is 1. The number of benzene rings is 1. The fraction of sp³-hybridized carbons (Fsp3) is 0.308. The minimum atomic E-state index is -0.438. The molecule has 0 aliphatic carbocycles. The van der Waals surface area contributed by atoms with Gasteiger partial charge in [0.25, 0.3) is 5.69 Å². The Balaban J connectivity index is 2.44. The predicted octanol–water partition coefficient (Wildman–Crippen LogP) is 3.63. The van der Waals surface area contributed by atoms with E-state index in [0.717, 1.165) is 16.8 Å². The zero-order valence-electron chi connectivity index (χ0n) is 11.4. The van der Waals surface area contributed by atoms with Crippen LogP contribution in [0.4, 0.5) is 5.69 Å². The standard InChI is InChI=1S/C13H14BrN3O3/c1-8-4-5-10(17(18)19)6-12(8)20-13-11(7-14)9(2)15-16(13)3/h4-6H,7H2,1-3H3. The summed E-state index contributed by atoms with van der Waals surface area (Å²) in [6.07, 6.45) is 0. The molecular weight excluding hydrogens is 326 g/mol. The minimum Gasteiger partial charge on any atom is -0.438 e. The second-order valence-electron chi connectivity index (χ2n) is 4.44. The summed E-state index contributed by atoms with van der Waals surface area (Å²) in [6.45, 7) is 3.74. The Labute approximate surface area is 124 Å². The van der Waals surface area contributed by atoms with Crippen LogP contribution in [0.25, 0.3) is 0 Å². The van der Waals surface area contributed by atoms with E-state index in [1.807, 2.05) is 13.8 Å². The Morgan fingerprint density at radius 2 is 2.15 bits per heavy atom. The summed E-state index contributed by atoms with van der Waals surface area (Å²) >= 11 is 3.40. The van der Waals surface area contributed by atoms with Gasteiger partial charge in [0.2, 0.25) is 5.88 Å². The molecule has 2 aromatic rings. The molecule has 106 valence electrons. The van der Waals surface area contributed by atoms with Crippen molar-refractivity contribution in [1.82, 2.24) is 9.78 Å². The first-order valence-electron chi connectivity index (χ1n) is 5.95. The van der Waals surface area contributed by atoms with Gasteiger partial charge in [0, 0.05) is 24.0 Å². The molecule has 1 aromatic carbocycles. The lowest BCUT2D eigenvalue weighted by molar-refractivity contribution is -0.384. The average Bonchev–Trinajstić information content (AvgIpc) is 2.66. The van der Waals surface area contributed by atoms with E-state index in [2.05, 4.69) is 21.0 Å². The van der Waals surface area contributed by atoms with E-state index in [1.165, 1.54) is 12.1 Å². The van der Waals surface area contributed by atoms with Crippen molar-refractivity contribution < 1.29 is 9.66 Å². The molecular formula is C13H14BrN3O3. The number of nitro benzene ring substituents is 1. The number of hydrogen-bond acceptors (Lipinski definition) is 4. The number of halogens is 1. The molecule has 0 aliphatic rings. The van der Waals surface area contributed by atoms with E-state index in [-0.39, 0.29) is 5.69 Å². The first-order chi connectivity index (χ1) is 9.43. The van der Waals surface area contributed by atoms with Gasteiger partial charge >= 0.3 is 0 Å². The van der Waals surface area contributed by atoms with Crippen LogP contribution in [0.15, 0.2) is 18.2 Å². The molecule has 0 saturated carbocycles. The van der Waals surface area contributed by atoms with Crippen LogP contribution in [0.2, 0.25) is 0 Å². The van der Waals surface area contributed by atoms with E-state index in [1.54, 1.807) is 17.8 Å². The van der Waals surface area contributed by atoms with Crippen LogP contribution < -0.4 is 4.74 Å². The zero-order chi connectivity index (χ0) is 14.9. The molecule has 0 fully saturated rings. The molecule has 0 N–H and O–H groups in total. The van der Waals surface area contributed by atoms with Crippen LogP contribution in [-0.4, -0.2) is 14.7 Å². The van der Waals surface area contributed by atoms with Gasteiger partial charge in [0.1, 0.15) is 5.75 Å². The summed E-state index contributed by atoms with van der Waals surface area (Å²) in [5.41, 5.74) is 2.63. The normalized spacial score (nSPS) is 10.6. The highest BCUT2D eigenvalue weighted by atomic mass is 79.9. The molecule has 6 nitrogen and oxygen atoms in total. The number of ether oxygens (including phenoxy) is 1. The van der Waals surface area contributed by atoms with E-state index < -0.39 is 4.92 Å². The van der Waals surface area contributed by atoms with E-state index in [4.69, 9.17) is 4.74 Å². The predicted molar refractivity (Wildman–Crippen MR) is 78.5 cm³/mol. The minimum absolute atomic E-state index is 0.00452. The molecule has 7 heteroatoms. The number of aromatic nitrogens is 2. The van der Waals surface area contributed by atoms with Crippen molar-refractivity contribution in [2.24, 2.45) is 7.05 Å². The number of hydrogen-bond donors (Lipinski definition) is 0. The van der Waals surface area contributed by atoms with Crippen molar-refractivity contribution in [3.05, 3.63) is 45.1 Å². The zero-order valence-corrected chi connectivity index (χ0v) is 13.0. The maximum atomic E-state index is 10.8. The molecule has 0 aliphatic heterocycles. The summed E-state index contributed by atoms with van der Waals surface area (Å²) in [6, 6.07) is 4.56. The third-order valence-electron chi connectivity index (χ3n) is 3.01. The largest absolute Gasteiger partial charge is 0.438 e. The molecule has 0 saturated heterocycles. The first-order valence-corrected chi connectivity index (χ1v) is 7.07. The summed E-state index contributed by atoms with van der Waals surface area (Å²) in [7, 11) is 1.78. The van der Waals surface area contributed by atoms with Gasteiger partial charge in [-0.05, 0) is 25.5 Å². The van der Waals surface area contributed by atoms with Crippen LogP contribution in [0.1, 0.15) is 16.8 Å². The lowest BCUT2D eigenvalue weighted by Gasteiger charge is -2.10. The topological polar surface area (TPSA) is 70.2 Å². The second kappa shape index (κ2) is 5.62. The second-order valence-corrected chi connectivity index (χ2v) is 5.00. The number of nitrogens with zero attached hydrogens (tertiary/aromatic N) is 3. The van der Waals surface area contributed by atoms with Crippen molar-refractivity contribution in [3.8, 4) is 11.6 Å². The molecule has 1 aromatic heterocycles. The summed E-state index contributed by atoms with van der Waals surface area (Å²) in [5, 5.41) is 15.7. The molecule has 20 heavy (non-hydrogen) atoms. The summed E-state index contributed by atoms with van der Waals surface area (Å²) < 4.78 is 7.47. The van der Waals surface area contributed by atoms with Gasteiger partial charge in [0.05, 0.1) is 16.7 Å². The SMILES string of the molecule is Cc1ccc([N+](=O)[O-])cc1Oc1c(CBr)c(C)nn1C. The Morgan fingerprint density at radius 1 is 1.45 bits per heavy atom. The number of nitro groups is 1. The van der Waals surface area contributed by atoms with Crippen molar-refractivity contribution in [3.63, 3.8) is 0 Å². The Hall–Kier alpha value is -1.89. The summed E-state index contributed by atoms with van der Waals surface area (Å²) in [5.74, 6) is 1.05. The lowest BCUT2D eigenvalue weighted by atomic mass is 10.2. The van der Waals surface area contributed by atoms with Crippen molar-refractivity contribution in [1.29, 1.82) is 0 Å². The molecule has 0 spiro atoms. The molecule has 2 rings (SSSR count). The Bertz CT molecular complexity index is 667. The highest BCUT2D eigenvalue weighted by Crippen LogP contribution is 2.32. The molecule has 0 atom stereocenters. The Kier molecular flexibility index (Phi) is 4.08. The first kappa shape index (κ1) is 14.5. The van der Waals surface area contributed by atoms with Crippen LogP contribution in [0.3, 0.4) is 0 Å². The average molecular weight is 340 g/mol. The van der Waals surface area contributed by atoms with Gasteiger partial charge < -0.3 is 4.74 Å². The van der Waals surface area contributed by atoms with Crippen LogP contribution in [0.5, 0.6) is 11.6 Å². The van der Waals surface area contributed by atoms with Crippen LogP contribution >= 0.6 is 15.9 Å².